The van der Waals surface area contributed by atoms with Gasteiger partial charge in [0, 0.05) is 14.9 Å². The zero-order valence-corrected chi connectivity index (χ0v) is 14.1. The number of halogens is 1. The molecule has 22 heavy (non-hydrogen) atoms. The van der Waals surface area contributed by atoms with Crippen LogP contribution in [0.2, 0.25) is 0 Å². The molecule has 0 spiro atoms. The topological polar surface area (TPSA) is 17.8 Å². The first-order valence-electron chi connectivity index (χ1n) is 7.05. The van der Waals surface area contributed by atoms with Crippen LogP contribution < -0.4 is 0 Å². The van der Waals surface area contributed by atoms with Crippen LogP contribution in [-0.4, -0.2) is 9.55 Å². The molecule has 4 heteroatoms. The highest BCUT2D eigenvalue weighted by Crippen LogP contribution is 2.29. The van der Waals surface area contributed by atoms with Crippen LogP contribution in [-0.2, 0) is 6.54 Å². The molecule has 0 aliphatic rings. The van der Waals surface area contributed by atoms with Crippen molar-refractivity contribution in [2.24, 2.45) is 0 Å². The summed E-state index contributed by atoms with van der Waals surface area (Å²) in [5.41, 5.74) is 3.35. The predicted octanol–water partition coefficient (Wildman–Crippen LogP) is 5.58. The molecule has 2 nitrogen and oxygen atoms in total. The number of aromatic nitrogens is 2. The molecular formula is C18H13BrN2S. The van der Waals surface area contributed by atoms with Crippen molar-refractivity contribution in [2.45, 2.75) is 6.54 Å². The maximum Gasteiger partial charge on any atom is 0.141 e. The third kappa shape index (κ3) is 2.38. The van der Waals surface area contributed by atoms with E-state index >= 15 is 0 Å². The van der Waals surface area contributed by atoms with Gasteiger partial charge in [-0.3, -0.25) is 0 Å². The van der Waals surface area contributed by atoms with Gasteiger partial charge in [0.25, 0.3) is 0 Å². The fourth-order valence-electron chi connectivity index (χ4n) is 2.62. The van der Waals surface area contributed by atoms with Crippen LogP contribution in [0.15, 0.2) is 70.5 Å². The van der Waals surface area contributed by atoms with Gasteiger partial charge < -0.3 is 4.57 Å². The highest BCUT2D eigenvalue weighted by atomic mass is 79.9. The number of thiophene rings is 1. The summed E-state index contributed by atoms with van der Waals surface area (Å²) in [6.07, 6.45) is 0. The SMILES string of the molecule is Brc1ccsc1Cn1c(-c2ccccc2)nc2ccccc21. The third-order valence-electron chi connectivity index (χ3n) is 3.68. The van der Waals surface area contributed by atoms with E-state index in [4.69, 9.17) is 4.98 Å². The average Bonchev–Trinajstić information content (AvgIpc) is 3.13. The van der Waals surface area contributed by atoms with Gasteiger partial charge in [-0.25, -0.2) is 4.98 Å². The Kier molecular flexibility index (Phi) is 3.56. The van der Waals surface area contributed by atoms with Gasteiger partial charge in [-0.05, 0) is 39.5 Å². The Bertz CT molecular complexity index is 925. The Morgan fingerprint density at radius 1 is 0.955 bits per heavy atom. The van der Waals surface area contributed by atoms with Gasteiger partial charge in [0.2, 0.25) is 0 Å². The quantitative estimate of drug-likeness (QED) is 0.461. The summed E-state index contributed by atoms with van der Waals surface area (Å²) in [6.45, 7) is 0.822. The first-order valence-corrected chi connectivity index (χ1v) is 8.73. The highest BCUT2D eigenvalue weighted by molar-refractivity contribution is 9.10. The molecule has 4 aromatic rings. The first kappa shape index (κ1) is 13.7. The number of hydrogen-bond donors (Lipinski definition) is 0. The van der Waals surface area contributed by atoms with E-state index in [1.165, 1.54) is 10.4 Å². The summed E-state index contributed by atoms with van der Waals surface area (Å²) < 4.78 is 3.45. The van der Waals surface area contributed by atoms with Crippen molar-refractivity contribution < 1.29 is 0 Å². The Morgan fingerprint density at radius 2 is 1.73 bits per heavy atom. The lowest BCUT2D eigenvalue weighted by molar-refractivity contribution is 0.845. The van der Waals surface area contributed by atoms with Crippen LogP contribution in [0.4, 0.5) is 0 Å². The smallest absolute Gasteiger partial charge is 0.141 e. The number of nitrogens with zero attached hydrogens (tertiary/aromatic N) is 2. The highest BCUT2D eigenvalue weighted by Gasteiger charge is 2.14. The van der Waals surface area contributed by atoms with Crippen LogP contribution >= 0.6 is 27.3 Å². The summed E-state index contributed by atoms with van der Waals surface area (Å²) in [6, 6.07) is 20.8. The summed E-state index contributed by atoms with van der Waals surface area (Å²) in [7, 11) is 0. The number of hydrogen-bond acceptors (Lipinski definition) is 2. The van der Waals surface area contributed by atoms with Crippen LogP contribution in [0.1, 0.15) is 4.88 Å². The van der Waals surface area contributed by atoms with Crippen molar-refractivity contribution >= 4 is 38.3 Å². The molecule has 0 radical (unpaired) electrons. The van der Waals surface area contributed by atoms with E-state index < -0.39 is 0 Å². The fraction of sp³-hybridized carbons (Fsp3) is 0.0556. The second kappa shape index (κ2) is 5.71. The molecule has 108 valence electrons. The molecular weight excluding hydrogens is 356 g/mol. The van der Waals surface area contributed by atoms with Crippen LogP contribution in [0.3, 0.4) is 0 Å². The van der Waals surface area contributed by atoms with E-state index in [0.29, 0.717) is 0 Å². The van der Waals surface area contributed by atoms with Crippen LogP contribution in [0.25, 0.3) is 22.4 Å². The van der Waals surface area contributed by atoms with E-state index in [9.17, 15) is 0 Å². The van der Waals surface area contributed by atoms with Gasteiger partial charge in [0.15, 0.2) is 0 Å². The Balaban J connectivity index is 1.92. The van der Waals surface area contributed by atoms with Crippen molar-refractivity contribution in [3.63, 3.8) is 0 Å². The van der Waals surface area contributed by atoms with E-state index in [1.807, 2.05) is 12.1 Å². The molecule has 2 heterocycles. The number of fused-ring (bicyclic) bond motifs is 1. The molecule has 0 aliphatic carbocycles. The molecule has 0 amide bonds. The lowest BCUT2D eigenvalue weighted by Crippen LogP contribution is -2.01. The fourth-order valence-corrected chi connectivity index (χ4v) is 4.09. The van der Waals surface area contributed by atoms with E-state index in [1.54, 1.807) is 11.3 Å². The Hall–Kier alpha value is -1.91. The molecule has 0 saturated heterocycles. The molecule has 0 unspecified atom stereocenters. The molecule has 0 atom stereocenters. The number of para-hydroxylation sites is 2. The molecule has 0 aliphatic heterocycles. The second-order valence-corrected chi connectivity index (χ2v) is 6.92. The molecule has 0 fully saturated rings. The van der Waals surface area contributed by atoms with Crippen molar-refractivity contribution in [2.75, 3.05) is 0 Å². The van der Waals surface area contributed by atoms with Crippen molar-refractivity contribution in [1.82, 2.24) is 9.55 Å². The van der Waals surface area contributed by atoms with Gasteiger partial charge in [-0.15, -0.1) is 11.3 Å². The maximum atomic E-state index is 4.85. The molecule has 0 saturated carbocycles. The third-order valence-corrected chi connectivity index (χ3v) is 5.59. The maximum absolute atomic E-state index is 4.85. The van der Waals surface area contributed by atoms with Crippen molar-refractivity contribution in [1.29, 1.82) is 0 Å². The molecule has 2 aromatic carbocycles. The lowest BCUT2D eigenvalue weighted by atomic mass is 10.2. The van der Waals surface area contributed by atoms with E-state index in [2.05, 4.69) is 74.4 Å². The number of imidazole rings is 1. The zero-order valence-electron chi connectivity index (χ0n) is 11.7. The second-order valence-electron chi connectivity index (χ2n) is 5.07. The average molecular weight is 369 g/mol. The van der Waals surface area contributed by atoms with Crippen LogP contribution in [0, 0.1) is 0 Å². The standard InChI is InChI=1S/C18H13BrN2S/c19-14-10-11-22-17(14)12-21-16-9-5-4-8-15(16)20-18(21)13-6-2-1-3-7-13/h1-11H,12H2. The molecule has 0 bridgehead atoms. The number of rotatable bonds is 3. The summed E-state index contributed by atoms with van der Waals surface area (Å²) in [5.74, 6) is 1.02. The van der Waals surface area contributed by atoms with E-state index in [-0.39, 0.29) is 0 Å². The first-order chi connectivity index (χ1) is 10.8. The summed E-state index contributed by atoms with van der Waals surface area (Å²) >= 11 is 5.40. The van der Waals surface area contributed by atoms with Crippen molar-refractivity contribution in [3.05, 3.63) is 75.4 Å². The zero-order chi connectivity index (χ0) is 14.9. The summed E-state index contributed by atoms with van der Waals surface area (Å²) in [4.78, 5) is 6.15. The van der Waals surface area contributed by atoms with Gasteiger partial charge in [0.1, 0.15) is 5.82 Å². The van der Waals surface area contributed by atoms with Crippen molar-refractivity contribution in [3.8, 4) is 11.4 Å². The predicted molar refractivity (Wildman–Crippen MR) is 96.3 cm³/mol. The van der Waals surface area contributed by atoms with Crippen LogP contribution in [0.5, 0.6) is 0 Å². The molecule has 0 N–H and O–H groups in total. The summed E-state index contributed by atoms with van der Waals surface area (Å²) in [5, 5.41) is 2.11. The minimum absolute atomic E-state index is 0.822. The van der Waals surface area contributed by atoms with E-state index in [0.717, 1.165) is 27.9 Å². The number of benzene rings is 2. The normalized spacial score (nSPS) is 11.1. The molecule has 4 rings (SSSR count). The van der Waals surface area contributed by atoms with Gasteiger partial charge in [-0.2, -0.15) is 0 Å². The minimum atomic E-state index is 0.822. The lowest BCUT2D eigenvalue weighted by Gasteiger charge is -2.08. The van der Waals surface area contributed by atoms with Gasteiger partial charge in [-0.1, -0.05) is 42.5 Å². The molecule has 2 aromatic heterocycles. The largest absolute Gasteiger partial charge is 0.319 e. The Labute approximate surface area is 141 Å². The van der Waals surface area contributed by atoms with Gasteiger partial charge in [0.05, 0.1) is 17.6 Å². The minimum Gasteiger partial charge on any atom is -0.319 e. The Morgan fingerprint density at radius 3 is 2.50 bits per heavy atom. The van der Waals surface area contributed by atoms with Gasteiger partial charge >= 0.3 is 0 Å². The monoisotopic (exact) mass is 368 g/mol.